The van der Waals surface area contributed by atoms with Gasteiger partial charge in [0.1, 0.15) is 23.3 Å². The van der Waals surface area contributed by atoms with E-state index in [0.29, 0.717) is 11.4 Å². The Bertz CT molecular complexity index is 982. The summed E-state index contributed by atoms with van der Waals surface area (Å²) >= 11 is 5.60. The SMILES string of the molecule is CCN(CC)c1ccc(/N=N/c2ccc([N+](=O)[O-])cc2C#N)c(NC(=O)CCl)c1. The van der Waals surface area contributed by atoms with Crippen molar-refractivity contribution in [2.75, 3.05) is 29.2 Å². The van der Waals surface area contributed by atoms with E-state index in [9.17, 15) is 20.2 Å². The van der Waals surface area contributed by atoms with Gasteiger partial charge in [-0.1, -0.05) is 0 Å². The number of carbonyl (C=O) groups excluding carboxylic acids is 1. The Morgan fingerprint density at radius 3 is 2.45 bits per heavy atom. The molecule has 0 unspecified atom stereocenters. The molecule has 1 N–H and O–H groups in total. The highest BCUT2D eigenvalue weighted by Gasteiger charge is 2.12. The number of amides is 1. The van der Waals surface area contributed by atoms with E-state index in [1.807, 2.05) is 26.0 Å². The molecule has 0 atom stereocenters. The monoisotopic (exact) mass is 414 g/mol. The molecule has 2 rings (SSSR count). The second-order valence-corrected chi connectivity index (χ2v) is 6.09. The summed E-state index contributed by atoms with van der Waals surface area (Å²) in [6.45, 7) is 5.61. The van der Waals surface area contributed by atoms with Crippen molar-refractivity contribution < 1.29 is 9.72 Å². The number of nitrogens with zero attached hydrogens (tertiary/aromatic N) is 5. The Morgan fingerprint density at radius 1 is 1.21 bits per heavy atom. The second kappa shape index (κ2) is 10.1. The van der Waals surface area contributed by atoms with Gasteiger partial charge < -0.3 is 10.2 Å². The Balaban J connectivity index is 2.44. The Morgan fingerprint density at radius 2 is 1.86 bits per heavy atom. The number of alkyl halides is 1. The van der Waals surface area contributed by atoms with Crippen molar-refractivity contribution in [1.29, 1.82) is 5.26 Å². The number of hydrogen-bond acceptors (Lipinski definition) is 7. The number of nitriles is 1. The van der Waals surface area contributed by atoms with E-state index in [0.717, 1.165) is 24.8 Å². The number of benzene rings is 2. The maximum absolute atomic E-state index is 11.8. The van der Waals surface area contributed by atoms with Crippen molar-refractivity contribution in [3.63, 3.8) is 0 Å². The third kappa shape index (κ3) is 5.49. The summed E-state index contributed by atoms with van der Waals surface area (Å²) in [4.78, 5) is 24.2. The summed E-state index contributed by atoms with van der Waals surface area (Å²) in [6, 6.07) is 10.9. The molecule has 0 radical (unpaired) electrons. The van der Waals surface area contributed by atoms with Crippen LogP contribution in [0.25, 0.3) is 0 Å². The predicted molar refractivity (Wildman–Crippen MR) is 111 cm³/mol. The molecule has 2 aromatic rings. The van der Waals surface area contributed by atoms with E-state index in [4.69, 9.17) is 11.6 Å². The smallest absolute Gasteiger partial charge is 0.270 e. The highest BCUT2D eigenvalue weighted by molar-refractivity contribution is 6.29. The topological polar surface area (TPSA) is 124 Å². The van der Waals surface area contributed by atoms with Gasteiger partial charge in [0.25, 0.3) is 5.69 Å². The third-order valence-corrected chi connectivity index (χ3v) is 4.32. The molecule has 0 aromatic heterocycles. The highest BCUT2D eigenvalue weighted by Crippen LogP contribution is 2.33. The molecule has 0 aliphatic heterocycles. The van der Waals surface area contributed by atoms with Gasteiger partial charge in [-0.15, -0.1) is 21.8 Å². The molecule has 150 valence electrons. The molecule has 0 saturated carbocycles. The molecular weight excluding hydrogens is 396 g/mol. The van der Waals surface area contributed by atoms with Gasteiger partial charge in [-0.25, -0.2) is 0 Å². The van der Waals surface area contributed by atoms with E-state index >= 15 is 0 Å². The first-order valence-electron chi connectivity index (χ1n) is 8.78. The average Bonchev–Trinajstić information content (AvgIpc) is 2.73. The standard InChI is InChI=1S/C19H19ClN6O3/c1-3-25(4-2)14-5-8-17(18(10-14)22-19(27)11-20)24-23-16-7-6-15(26(28)29)9-13(16)12-21/h5-10H,3-4,11H2,1-2H3,(H,22,27)/b24-23+. The largest absolute Gasteiger partial charge is 0.372 e. The number of carbonyl (C=O) groups is 1. The Kier molecular flexibility index (Phi) is 7.62. The van der Waals surface area contributed by atoms with Gasteiger partial charge in [0.2, 0.25) is 5.91 Å². The molecule has 0 fully saturated rings. The lowest BCUT2D eigenvalue weighted by molar-refractivity contribution is -0.384. The predicted octanol–water partition coefficient (Wildman–Crippen LogP) is 4.91. The molecule has 0 saturated heterocycles. The fraction of sp³-hybridized carbons (Fsp3) is 0.263. The fourth-order valence-electron chi connectivity index (χ4n) is 2.60. The molecule has 0 aliphatic carbocycles. The summed E-state index contributed by atoms with van der Waals surface area (Å²) in [5, 5.41) is 30.9. The van der Waals surface area contributed by atoms with Gasteiger partial charge in [-0.3, -0.25) is 14.9 Å². The summed E-state index contributed by atoms with van der Waals surface area (Å²) < 4.78 is 0. The van der Waals surface area contributed by atoms with Gasteiger partial charge in [0, 0.05) is 30.9 Å². The molecule has 0 spiro atoms. The molecular formula is C19H19ClN6O3. The van der Waals surface area contributed by atoms with Crippen LogP contribution < -0.4 is 10.2 Å². The van der Waals surface area contributed by atoms with Crippen LogP contribution in [0.3, 0.4) is 0 Å². The molecule has 9 nitrogen and oxygen atoms in total. The summed E-state index contributed by atoms with van der Waals surface area (Å²) in [5.74, 6) is -0.611. The van der Waals surface area contributed by atoms with Gasteiger partial charge in [0.05, 0.1) is 16.2 Å². The van der Waals surface area contributed by atoms with Crippen molar-refractivity contribution in [2.45, 2.75) is 13.8 Å². The highest BCUT2D eigenvalue weighted by atomic mass is 35.5. The molecule has 0 heterocycles. The summed E-state index contributed by atoms with van der Waals surface area (Å²) in [7, 11) is 0. The quantitative estimate of drug-likeness (QED) is 0.284. The number of nitro benzene ring substituents is 1. The molecule has 1 amide bonds. The molecule has 2 aromatic carbocycles. The first kappa shape index (κ1) is 21.8. The zero-order chi connectivity index (χ0) is 21.4. The van der Waals surface area contributed by atoms with Crippen LogP contribution in [0.1, 0.15) is 19.4 Å². The second-order valence-electron chi connectivity index (χ2n) is 5.83. The third-order valence-electron chi connectivity index (χ3n) is 4.08. The van der Waals surface area contributed by atoms with E-state index in [1.54, 1.807) is 12.1 Å². The lowest BCUT2D eigenvalue weighted by Gasteiger charge is -2.22. The lowest BCUT2D eigenvalue weighted by Crippen LogP contribution is -2.22. The number of halogens is 1. The Labute approximate surface area is 172 Å². The Hall–Kier alpha value is -3.51. The van der Waals surface area contributed by atoms with Crippen LogP contribution in [-0.2, 0) is 4.79 Å². The van der Waals surface area contributed by atoms with Gasteiger partial charge >= 0.3 is 0 Å². The number of rotatable bonds is 8. The van der Waals surface area contributed by atoms with Crippen molar-refractivity contribution in [3.05, 3.63) is 52.1 Å². The van der Waals surface area contributed by atoms with Crippen molar-refractivity contribution in [1.82, 2.24) is 0 Å². The normalized spacial score (nSPS) is 10.6. The van der Waals surface area contributed by atoms with Crippen LogP contribution in [0.2, 0.25) is 0 Å². The fourth-order valence-corrected chi connectivity index (χ4v) is 2.67. The van der Waals surface area contributed by atoms with Crippen molar-refractivity contribution in [3.8, 4) is 6.07 Å². The first-order chi connectivity index (χ1) is 13.9. The van der Waals surface area contributed by atoms with E-state index in [-0.39, 0.29) is 22.8 Å². The van der Waals surface area contributed by atoms with Crippen LogP contribution in [0.15, 0.2) is 46.6 Å². The van der Waals surface area contributed by atoms with Crippen LogP contribution >= 0.6 is 11.6 Å². The van der Waals surface area contributed by atoms with Gasteiger partial charge in [-0.2, -0.15) is 5.26 Å². The summed E-state index contributed by atoms with van der Waals surface area (Å²) in [5.41, 5.74) is 1.67. The number of nitro groups is 1. The molecule has 29 heavy (non-hydrogen) atoms. The van der Waals surface area contributed by atoms with Crippen LogP contribution in [0, 0.1) is 21.4 Å². The van der Waals surface area contributed by atoms with Crippen molar-refractivity contribution >= 4 is 45.9 Å². The zero-order valence-corrected chi connectivity index (χ0v) is 16.7. The van der Waals surface area contributed by atoms with Crippen LogP contribution in [0.5, 0.6) is 0 Å². The number of hydrogen-bond donors (Lipinski definition) is 1. The number of nitrogens with one attached hydrogen (secondary N) is 1. The van der Waals surface area contributed by atoms with E-state index in [1.165, 1.54) is 12.1 Å². The van der Waals surface area contributed by atoms with E-state index < -0.39 is 10.8 Å². The van der Waals surface area contributed by atoms with Gasteiger partial charge in [-0.05, 0) is 38.1 Å². The molecule has 0 bridgehead atoms. The molecule has 10 heteroatoms. The minimum Gasteiger partial charge on any atom is -0.372 e. The zero-order valence-electron chi connectivity index (χ0n) is 15.9. The average molecular weight is 415 g/mol. The van der Waals surface area contributed by atoms with Crippen LogP contribution in [0.4, 0.5) is 28.4 Å². The lowest BCUT2D eigenvalue weighted by atomic mass is 10.2. The minimum absolute atomic E-state index is 0.0223. The van der Waals surface area contributed by atoms with Gasteiger partial charge in [0.15, 0.2) is 0 Å². The minimum atomic E-state index is -0.590. The number of azo groups is 1. The summed E-state index contributed by atoms with van der Waals surface area (Å²) in [6.07, 6.45) is 0. The number of anilines is 2. The van der Waals surface area contributed by atoms with Crippen molar-refractivity contribution in [2.24, 2.45) is 10.2 Å². The maximum Gasteiger partial charge on any atom is 0.270 e. The van der Waals surface area contributed by atoms with Crippen LogP contribution in [-0.4, -0.2) is 29.8 Å². The first-order valence-corrected chi connectivity index (χ1v) is 9.32. The molecule has 0 aliphatic rings. The van der Waals surface area contributed by atoms with E-state index in [2.05, 4.69) is 20.4 Å². The number of non-ortho nitro benzene ring substituents is 1. The maximum atomic E-state index is 11.8.